The number of hydrogen-bond acceptors (Lipinski definition) is 5. The van der Waals surface area contributed by atoms with E-state index in [1.54, 1.807) is 14.2 Å². The summed E-state index contributed by atoms with van der Waals surface area (Å²) < 4.78 is 9.89. The molecule has 0 heterocycles. The molecule has 0 bridgehead atoms. The second-order valence-corrected chi connectivity index (χ2v) is 4.74. The predicted molar refractivity (Wildman–Crippen MR) is 78.7 cm³/mol. The first-order valence-corrected chi connectivity index (χ1v) is 7.41. The third kappa shape index (κ3) is 8.21. The Hall–Kier alpha value is -1.02. The van der Waals surface area contributed by atoms with E-state index in [2.05, 4.69) is 0 Å². The van der Waals surface area contributed by atoms with E-state index in [1.807, 2.05) is 42.1 Å². The first-order chi connectivity index (χ1) is 9.86. The predicted octanol–water partition coefficient (Wildman–Crippen LogP) is 1.73. The summed E-state index contributed by atoms with van der Waals surface area (Å²) in [6, 6.07) is 10.1. The zero-order valence-electron chi connectivity index (χ0n) is 12.0. The molecule has 110 valence electrons. The Morgan fingerprint density at radius 2 is 1.55 bits per heavy atom. The minimum Gasteiger partial charge on any atom is -0.382 e. The molecule has 0 aliphatic carbocycles. The van der Waals surface area contributed by atoms with Gasteiger partial charge in [-0.15, -0.1) is 0 Å². The van der Waals surface area contributed by atoms with Crippen LogP contribution < -0.4 is 0 Å². The fourth-order valence-electron chi connectivity index (χ4n) is 1.28. The van der Waals surface area contributed by atoms with Gasteiger partial charge in [-0.2, -0.15) is 0 Å². The Bertz CT molecular complexity index is 351. The quantitative estimate of drug-likeness (QED) is 0.353. The van der Waals surface area contributed by atoms with Crippen LogP contribution in [0.4, 0.5) is 0 Å². The van der Waals surface area contributed by atoms with Crippen LogP contribution in [-0.2, 0) is 19.1 Å². The molecule has 0 aliphatic heterocycles. The summed E-state index contributed by atoms with van der Waals surface area (Å²) in [6.07, 6.45) is 2.03. The lowest BCUT2D eigenvalue weighted by molar-refractivity contribution is -0.311. The van der Waals surface area contributed by atoms with Crippen LogP contribution in [0.3, 0.4) is 0 Å². The van der Waals surface area contributed by atoms with Gasteiger partial charge in [-0.3, -0.25) is 9.68 Å². The highest BCUT2D eigenvalue weighted by Gasteiger charge is 2.05. The van der Waals surface area contributed by atoms with Gasteiger partial charge in [0.2, 0.25) is 0 Å². The van der Waals surface area contributed by atoms with Crippen molar-refractivity contribution in [2.75, 3.05) is 40.6 Å². The maximum absolute atomic E-state index is 5.46. The van der Waals surface area contributed by atoms with Crippen LogP contribution in [0.2, 0.25) is 0 Å². The lowest BCUT2D eigenvalue weighted by Crippen LogP contribution is -2.30. The largest absolute Gasteiger partial charge is 0.382 e. The molecule has 5 nitrogen and oxygen atoms in total. The van der Waals surface area contributed by atoms with Gasteiger partial charge in [-0.25, -0.2) is 0 Å². The Morgan fingerprint density at radius 3 is 2.10 bits per heavy atom. The summed E-state index contributed by atoms with van der Waals surface area (Å²) in [5.41, 5.74) is 3.16. The summed E-state index contributed by atoms with van der Waals surface area (Å²) >= 11 is 0. The van der Waals surface area contributed by atoms with Crippen molar-refractivity contribution in [3.63, 3.8) is 0 Å². The number of nitrogens with zero attached hydrogens (tertiary/aromatic N) is 1. The fraction of sp³-hybridized carbons (Fsp3) is 0.429. The summed E-state index contributed by atoms with van der Waals surface area (Å²) in [5.74, 6) is 0. The second kappa shape index (κ2) is 11.8. The van der Waals surface area contributed by atoms with Gasteiger partial charge in [-0.1, -0.05) is 47.0 Å². The van der Waals surface area contributed by atoms with Gasteiger partial charge in [0.15, 0.2) is 0 Å². The van der Waals surface area contributed by atoms with Gasteiger partial charge >= 0.3 is 0 Å². The van der Waals surface area contributed by atoms with Gasteiger partial charge in [-0.05, 0) is 5.56 Å². The van der Waals surface area contributed by atoms with Crippen molar-refractivity contribution >= 4 is 15.8 Å². The molecule has 0 atom stereocenters. The van der Waals surface area contributed by atoms with E-state index in [0.29, 0.717) is 26.4 Å². The van der Waals surface area contributed by atoms with Crippen LogP contribution in [0.25, 0.3) is 6.08 Å². The normalized spacial score (nSPS) is 11.6. The SMILES string of the molecule is COCCON(OCCOC)[Si]C=Cc1ccccc1. The highest BCUT2D eigenvalue weighted by Crippen LogP contribution is 2.01. The van der Waals surface area contributed by atoms with Crippen LogP contribution >= 0.6 is 0 Å². The van der Waals surface area contributed by atoms with Crippen molar-refractivity contribution in [3.8, 4) is 0 Å². The molecule has 1 rings (SSSR count). The van der Waals surface area contributed by atoms with E-state index in [0.717, 1.165) is 5.56 Å². The van der Waals surface area contributed by atoms with E-state index in [1.165, 1.54) is 4.89 Å². The maximum atomic E-state index is 5.46. The van der Waals surface area contributed by atoms with Gasteiger partial charge in [0.25, 0.3) is 9.68 Å². The van der Waals surface area contributed by atoms with Crippen LogP contribution in [0.15, 0.2) is 36.0 Å². The van der Waals surface area contributed by atoms with Gasteiger partial charge in [0.1, 0.15) is 0 Å². The monoisotopic (exact) mass is 295 g/mol. The number of rotatable bonds is 11. The molecular formula is C14H21NO4Si. The standard InChI is InChI=1S/C14H21NO4Si/c1-16-9-11-18-15(19-12-10-17-2)20-13-8-14-6-4-3-5-7-14/h3-8,13H,9-12H2,1-2H3. The smallest absolute Gasteiger partial charge is 0.252 e. The van der Waals surface area contributed by atoms with Crippen molar-refractivity contribution in [1.82, 2.24) is 4.89 Å². The zero-order chi connectivity index (χ0) is 14.5. The van der Waals surface area contributed by atoms with Gasteiger partial charge < -0.3 is 9.47 Å². The van der Waals surface area contributed by atoms with E-state index < -0.39 is 0 Å². The van der Waals surface area contributed by atoms with Crippen molar-refractivity contribution in [3.05, 3.63) is 41.6 Å². The molecule has 0 saturated carbocycles. The average Bonchev–Trinajstić information content (AvgIpc) is 2.48. The molecule has 2 radical (unpaired) electrons. The summed E-state index contributed by atoms with van der Waals surface area (Å²) in [4.78, 5) is 12.4. The molecule has 6 heteroatoms. The van der Waals surface area contributed by atoms with Crippen molar-refractivity contribution in [2.24, 2.45) is 0 Å². The first-order valence-electron chi connectivity index (χ1n) is 6.38. The van der Waals surface area contributed by atoms with Crippen molar-refractivity contribution in [2.45, 2.75) is 0 Å². The molecule has 0 N–H and O–H groups in total. The fourth-order valence-corrected chi connectivity index (χ4v) is 2.00. The third-order valence-corrected chi connectivity index (χ3v) is 3.03. The highest BCUT2D eigenvalue weighted by molar-refractivity contribution is 6.39. The summed E-state index contributed by atoms with van der Waals surface area (Å²) in [7, 11) is 3.54. The molecule has 0 unspecified atom stereocenters. The molecule has 0 spiro atoms. The summed E-state index contributed by atoms with van der Waals surface area (Å²) in [6.45, 7) is 1.96. The van der Waals surface area contributed by atoms with Crippen molar-refractivity contribution in [1.29, 1.82) is 0 Å². The zero-order valence-corrected chi connectivity index (χ0v) is 13.0. The molecule has 20 heavy (non-hydrogen) atoms. The molecule has 1 aromatic carbocycles. The van der Waals surface area contributed by atoms with Crippen LogP contribution in [0, 0.1) is 0 Å². The Labute approximate surface area is 122 Å². The molecule has 0 fully saturated rings. The highest BCUT2D eigenvalue weighted by atomic mass is 28.2. The Morgan fingerprint density at radius 1 is 0.950 bits per heavy atom. The Kier molecular flexibility index (Phi) is 10.0. The van der Waals surface area contributed by atoms with Crippen LogP contribution in [0.5, 0.6) is 0 Å². The maximum Gasteiger partial charge on any atom is 0.252 e. The molecule has 0 saturated heterocycles. The topological polar surface area (TPSA) is 40.2 Å². The average molecular weight is 295 g/mol. The van der Waals surface area contributed by atoms with E-state index in [4.69, 9.17) is 19.1 Å². The molecule has 0 amide bonds. The summed E-state index contributed by atoms with van der Waals surface area (Å²) in [5, 5.41) is 0. The molecule has 1 aromatic rings. The molecule has 0 aromatic heterocycles. The van der Waals surface area contributed by atoms with Gasteiger partial charge in [0.05, 0.1) is 26.4 Å². The van der Waals surface area contributed by atoms with Crippen molar-refractivity contribution < 1.29 is 19.1 Å². The van der Waals surface area contributed by atoms with Crippen LogP contribution in [-0.4, -0.2) is 55.2 Å². The minimum atomic E-state index is 0.269. The Balaban J connectivity index is 2.35. The number of benzene rings is 1. The van der Waals surface area contributed by atoms with E-state index in [9.17, 15) is 0 Å². The number of ether oxygens (including phenoxy) is 2. The second-order valence-electron chi connectivity index (χ2n) is 3.78. The molecule has 0 aliphatic rings. The van der Waals surface area contributed by atoms with E-state index >= 15 is 0 Å². The van der Waals surface area contributed by atoms with E-state index in [-0.39, 0.29) is 9.68 Å². The minimum absolute atomic E-state index is 0.269. The first kappa shape index (κ1) is 17.0. The lowest BCUT2D eigenvalue weighted by Gasteiger charge is -2.18. The van der Waals surface area contributed by atoms with Gasteiger partial charge in [0, 0.05) is 14.2 Å². The number of hydrogen-bond donors (Lipinski definition) is 0. The third-order valence-electron chi connectivity index (χ3n) is 2.25. The number of methoxy groups -OCH3 is 2. The lowest BCUT2D eigenvalue weighted by atomic mass is 10.2. The van der Waals surface area contributed by atoms with Crippen LogP contribution in [0.1, 0.15) is 5.56 Å². The molecular weight excluding hydrogens is 274 g/mol.